The molecular weight excluding hydrogens is 759 g/mol. The molecule has 17 nitrogen and oxygen atoms in total. The van der Waals surface area contributed by atoms with Gasteiger partial charge in [-0.15, -0.1) is 0 Å². The van der Waals surface area contributed by atoms with Gasteiger partial charge in [0.1, 0.15) is 5.75 Å². The summed E-state index contributed by atoms with van der Waals surface area (Å²) in [6.07, 6.45) is 0.563. The number of phenolic OH excluding ortho intramolecular Hbond substituents is 1. The fourth-order valence-corrected chi connectivity index (χ4v) is 7.17. The Morgan fingerprint density at radius 2 is 1.42 bits per heavy atom. The lowest BCUT2D eigenvalue weighted by molar-refractivity contribution is -0.132. The van der Waals surface area contributed by atoms with Crippen molar-refractivity contribution in [3.05, 3.63) is 53.6 Å². The molecule has 4 bridgehead atoms. The molecule has 0 spiro atoms. The molecule has 1 aliphatic rings. The second-order valence-electron chi connectivity index (χ2n) is 15.2. The molecule has 0 saturated heterocycles. The third-order valence-corrected chi connectivity index (χ3v) is 10.6. The Hall–Kier alpha value is -4.49. The van der Waals surface area contributed by atoms with Crippen LogP contribution in [0.5, 0.6) is 5.75 Å². The number of phenols is 1. The Morgan fingerprint density at radius 3 is 2.12 bits per heavy atom. The van der Waals surface area contributed by atoms with Crippen LogP contribution in [0, 0.1) is 5.92 Å². The van der Waals surface area contributed by atoms with E-state index in [-0.39, 0.29) is 75.2 Å². The van der Waals surface area contributed by atoms with Crippen LogP contribution in [0.1, 0.15) is 49.7 Å². The van der Waals surface area contributed by atoms with Crippen LogP contribution in [0.25, 0.3) is 11.1 Å². The third-order valence-electron chi connectivity index (χ3n) is 10.6. The van der Waals surface area contributed by atoms with E-state index < -0.39 is 54.0 Å². The van der Waals surface area contributed by atoms with Crippen molar-refractivity contribution in [1.29, 1.82) is 0 Å². The predicted molar refractivity (Wildman–Crippen MR) is 227 cm³/mol. The molecule has 17 heteroatoms. The fourth-order valence-electron chi connectivity index (χ4n) is 7.17. The van der Waals surface area contributed by atoms with Crippen LogP contribution in [0.15, 0.2) is 42.5 Å². The van der Waals surface area contributed by atoms with Crippen LogP contribution in [-0.2, 0) is 36.8 Å². The molecule has 1 unspecified atom stereocenters. The van der Waals surface area contributed by atoms with E-state index >= 15 is 0 Å². The van der Waals surface area contributed by atoms with E-state index in [1.54, 1.807) is 47.4 Å². The number of Topliss-reactive ketones (excluding diaryl/α,β-unsaturated/α-hetero) is 1. The lowest BCUT2D eigenvalue weighted by Gasteiger charge is -2.25. The fraction of sp³-hybridized carbons (Fsp3) is 0.595. The number of rotatable bonds is 22. The van der Waals surface area contributed by atoms with Gasteiger partial charge in [0.15, 0.2) is 5.78 Å². The van der Waals surface area contributed by atoms with Gasteiger partial charge >= 0.3 is 0 Å². The number of aromatic hydroxyl groups is 1. The highest BCUT2D eigenvalue weighted by molar-refractivity contribution is 5.94. The molecule has 0 fully saturated rings. The predicted octanol–water partition coefficient (Wildman–Crippen LogP) is -1.56. The lowest BCUT2D eigenvalue weighted by Crippen LogP contribution is -2.52. The van der Waals surface area contributed by atoms with Crippen LogP contribution in [0.2, 0.25) is 0 Å². The number of fused-ring (bicyclic) bond motifs is 5. The highest BCUT2D eigenvalue weighted by atomic mass is 16.3. The van der Waals surface area contributed by atoms with Gasteiger partial charge < -0.3 is 63.2 Å². The molecule has 4 amide bonds. The zero-order valence-corrected chi connectivity index (χ0v) is 35.2. The summed E-state index contributed by atoms with van der Waals surface area (Å²) in [5, 5.41) is 57.4. The highest BCUT2D eigenvalue weighted by Gasteiger charge is 2.32. The number of amides is 4. The smallest absolute Gasteiger partial charge is 0.238 e. The number of carbonyl (C=O) groups excluding carboxylic acids is 5. The first-order valence-corrected chi connectivity index (χ1v) is 20.6. The molecule has 12 N–H and O–H groups in total. The van der Waals surface area contributed by atoms with Gasteiger partial charge in [-0.2, -0.15) is 0 Å². The largest absolute Gasteiger partial charge is 0.508 e. The molecule has 2 aromatic carbocycles. The van der Waals surface area contributed by atoms with E-state index in [4.69, 9.17) is 0 Å². The number of carbonyl (C=O) groups is 5. The first-order chi connectivity index (χ1) is 28.3. The van der Waals surface area contributed by atoms with E-state index in [1.807, 2.05) is 30.3 Å². The van der Waals surface area contributed by atoms with E-state index in [0.717, 1.165) is 16.7 Å². The number of likely N-dealkylation sites (N-methyl/N-ethyl adjacent to an activating group) is 5. The Labute approximate surface area is 348 Å². The number of unbranched alkanes of at least 4 members (excludes halogenated alkanes) is 1. The maximum atomic E-state index is 14.0. The molecule has 0 saturated carbocycles. The summed E-state index contributed by atoms with van der Waals surface area (Å²) in [5.41, 5.74) is 3.00. The summed E-state index contributed by atoms with van der Waals surface area (Å²) in [4.78, 5) is 67.1. The summed E-state index contributed by atoms with van der Waals surface area (Å²) in [5.74, 6) is -2.51. The maximum absolute atomic E-state index is 14.0. The van der Waals surface area contributed by atoms with Crippen LogP contribution in [0.3, 0.4) is 0 Å². The molecule has 0 aliphatic carbocycles. The molecule has 328 valence electrons. The summed E-state index contributed by atoms with van der Waals surface area (Å²) >= 11 is 0. The molecule has 1 aliphatic heterocycles. The van der Waals surface area contributed by atoms with Gasteiger partial charge in [-0.05, 0) is 102 Å². The van der Waals surface area contributed by atoms with Crippen molar-refractivity contribution in [3.8, 4) is 16.9 Å². The zero-order chi connectivity index (χ0) is 43.3. The minimum absolute atomic E-state index is 0.0320. The third kappa shape index (κ3) is 16.2. The number of nitrogens with one attached hydrogen (secondary N) is 9. The first-order valence-electron chi connectivity index (χ1n) is 20.6. The molecular formula is C42H67N9O8. The lowest BCUT2D eigenvalue weighted by atomic mass is 9.89. The van der Waals surface area contributed by atoms with Crippen molar-refractivity contribution in [2.24, 2.45) is 5.92 Å². The van der Waals surface area contributed by atoms with Gasteiger partial charge in [0.05, 0.1) is 36.4 Å². The van der Waals surface area contributed by atoms with E-state index in [2.05, 4.69) is 47.9 Å². The molecule has 2 aromatic rings. The number of hydrogen-bond donors (Lipinski definition) is 12. The molecule has 7 atom stereocenters. The van der Waals surface area contributed by atoms with Gasteiger partial charge in [0.25, 0.3) is 0 Å². The average molecular weight is 826 g/mol. The minimum Gasteiger partial charge on any atom is -0.508 e. The van der Waals surface area contributed by atoms with Crippen molar-refractivity contribution in [2.75, 3.05) is 68.0 Å². The normalized spacial score (nSPS) is 19.3. The van der Waals surface area contributed by atoms with Crippen molar-refractivity contribution < 1.29 is 39.3 Å². The number of aliphatic hydroxyl groups is 2. The zero-order valence-electron chi connectivity index (χ0n) is 35.2. The quantitative estimate of drug-likeness (QED) is 0.0602. The molecule has 0 aromatic heterocycles. The molecule has 0 radical (unpaired) electrons. The maximum Gasteiger partial charge on any atom is 0.238 e. The number of ketones is 1. The number of hydrogen-bond acceptors (Lipinski definition) is 13. The SMILES string of the molecule is CNCC(O)CNC(=O)[C@H](CCCCNC(=O)[C@H](CCNC(=O)[C@H]1CC(=O)[C@H](C[C@@H](O)CNC)NC(=O)[C@@H](NC)Cc2cc(ccc2O)-c2cccc(c2)C1)NC)NC. The van der Waals surface area contributed by atoms with Crippen LogP contribution < -0.4 is 47.9 Å². The summed E-state index contributed by atoms with van der Waals surface area (Å²) in [6, 6.07) is 9.88. The van der Waals surface area contributed by atoms with Crippen molar-refractivity contribution in [3.63, 3.8) is 0 Å². The van der Waals surface area contributed by atoms with Gasteiger partial charge in [-0.3, -0.25) is 24.0 Å². The van der Waals surface area contributed by atoms with Gasteiger partial charge in [-0.25, -0.2) is 0 Å². The minimum atomic E-state index is -1.09. The van der Waals surface area contributed by atoms with Gasteiger partial charge in [0, 0.05) is 57.9 Å². The Bertz CT molecular complexity index is 1660. The highest BCUT2D eigenvalue weighted by Crippen LogP contribution is 2.29. The Balaban J connectivity index is 1.68. The van der Waals surface area contributed by atoms with Gasteiger partial charge in [0.2, 0.25) is 23.6 Å². The topological polar surface area (TPSA) is 254 Å². The van der Waals surface area contributed by atoms with Gasteiger partial charge in [-0.1, -0.05) is 30.3 Å². The second-order valence-corrected chi connectivity index (χ2v) is 15.2. The monoisotopic (exact) mass is 826 g/mol. The Morgan fingerprint density at radius 1 is 0.746 bits per heavy atom. The molecule has 3 rings (SSSR count). The summed E-state index contributed by atoms with van der Waals surface area (Å²) < 4.78 is 0. The van der Waals surface area contributed by atoms with E-state index in [0.29, 0.717) is 37.9 Å². The van der Waals surface area contributed by atoms with E-state index in [9.17, 15) is 39.3 Å². The van der Waals surface area contributed by atoms with Crippen molar-refractivity contribution in [2.45, 2.75) is 87.7 Å². The summed E-state index contributed by atoms with van der Waals surface area (Å²) in [6.45, 7) is 1.25. The molecule has 59 heavy (non-hydrogen) atoms. The second kappa shape index (κ2) is 25.9. The van der Waals surface area contributed by atoms with Crippen molar-refractivity contribution >= 4 is 29.4 Å². The van der Waals surface area contributed by atoms with Crippen molar-refractivity contribution in [1.82, 2.24) is 47.9 Å². The standard InChI is InChI=1S/C42H67N9O8/c1-43-23-31(52)22-35-38(55)21-30(18-26-9-8-10-27(17-26)28-12-13-37(54)29(19-28)20-36(47-5)42(59)51-35)39(56)49-16-14-34(46-4)40(57)48-15-7-6-11-33(45-3)41(58)50-25-32(53)24-44-2/h8-10,12-13,17,19,30-36,43-47,52-54H,6-7,11,14-16,18,20-25H2,1-5H3,(H,48,57)(H,49,56)(H,50,58)(H,51,59)/t30-,31-,32?,33+,34+,35+,36+/m1/s1. The first kappa shape index (κ1) is 48.9. The summed E-state index contributed by atoms with van der Waals surface area (Å²) in [7, 11) is 8.37. The number of benzene rings is 2. The van der Waals surface area contributed by atoms with E-state index in [1.165, 1.54) is 0 Å². The Kier molecular flexibility index (Phi) is 21.4. The van der Waals surface area contributed by atoms with Crippen LogP contribution >= 0.6 is 0 Å². The molecule has 1 heterocycles. The number of aliphatic hydroxyl groups excluding tert-OH is 2. The van der Waals surface area contributed by atoms with Crippen LogP contribution in [0.4, 0.5) is 0 Å². The average Bonchev–Trinajstić information content (AvgIpc) is 3.21. The van der Waals surface area contributed by atoms with Crippen LogP contribution in [-0.4, -0.2) is 149 Å².